The van der Waals surface area contributed by atoms with Crippen molar-refractivity contribution < 1.29 is 34.7 Å². The van der Waals surface area contributed by atoms with Crippen molar-refractivity contribution in [1.82, 2.24) is 0 Å². The molecule has 0 aliphatic carbocycles. The number of carbonyl (C=O) groups excluding carboxylic acids is 1. The Balaban J connectivity index is 1.90. The SMILES string of the molecule is COc1cc(CCC(O)CC(CCc2ccc(O)c(O)c2)OC(C)=O)ccc1O. The van der Waals surface area contributed by atoms with Gasteiger partial charge in [-0.05, 0) is 61.1 Å². The van der Waals surface area contributed by atoms with Gasteiger partial charge in [-0.25, -0.2) is 0 Å². The standard InChI is InChI=1S/C22H28O7/c1-14(23)29-18(8-4-15-5-9-19(25)21(27)11-15)13-17(24)7-3-16-6-10-20(26)22(12-16)28-2/h5-6,9-12,17-18,24-27H,3-4,7-8,13H2,1-2H3. The highest BCUT2D eigenvalue weighted by atomic mass is 16.5. The molecule has 7 heteroatoms. The first-order chi connectivity index (χ1) is 13.8. The van der Waals surface area contributed by atoms with Crippen molar-refractivity contribution in [3.8, 4) is 23.0 Å². The maximum Gasteiger partial charge on any atom is 0.302 e. The minimum Gasteiger partial charge on any atom is -0.504 e. The number of hydrogen-bond donors (Lipinski definition) is 4. The number of phenolic OH excluding ortho intramolecular Hbond substituents is 3. The van der Waals surface area contributed by atoms with Crippen molar-refractivity contribution in [1.29, 1.82) is 0 Å². The molecule has 0 radical (unpaired) electrons. The van der Waals surface area contributed by atoms with Crippen LogP contribution < -0.4 is 4.74 Å². The van der Waals surface area contributed by atoms with E-state index in [0.717, 1.165) is 11.1 Å². The smallest absolute Gasteiger partial charge is 0.302 e. The van der Waals surface area contributed by atoms with Crippen LogP contribution in [0.3, 0.4) is 0 Å². The van der Waals surface area contributed by atoms with Gasteiger partial charge in [0.2, 0.25) is 0 Å². The predicted octanol–water partition coefficient (Wildman–Crippen LogP) is 3.06. The summed E-state index contributed by atoms with van der Waals surface area (Å²) in [6.07, 6.45) is 1.20. The molecule has 29 heavy (non-hydrogen) atoms. The average Bonchev–Trinajstić information content (AvgIpc) is 2.67. The Kier molecular flexibility index (Phi) is 8.15. The number of methoxy groups -OCH3 is 1. The molecular weight excluding hydrogens is 376 g/mol. The number of hydrogen-bond acceptors (Lipinski definition) is 7. The van der Waals surface area contributed by atoms with E-state index in [1.807, 2.05) is 0 Å². The minimum atomic E-state index is -0.674. The lowest BCUT2D eigenvalue weighted by molar-refractivity contribution is -0.148. The van der Waals surface area contributed by atoms with Crippen molar-refractivity contribution in [2.24, 2.45) is 0 Å². The van der Waals surface area contributed by atoms with Crippen LogP contribution in [0.2, 0.25) is 0 Å². The van der Waals surface area contributed by atoms with Crippen LogP contribution in [0.5, 0.6) is 23.0 Å². The molecule has 0 aromatic heterocycles. The summed E-state index contributed by atoms with van der Waals surface area (Å²) in [5.41, 5.74) is 1.71. The summed E-state index contributed by atoms with van der Waals surface area (Å²) in [5.74, 6) is -0.361. The van der Waals surface area contributed by atoms with Crippen molar-refractivity contribution in [2.75, 3.05) is 7.11 Å². The number of aromatic hydroxyl groups is 3. The largest absolute Gasteiger partial charge is 0.504 e. The van der Waals surface area contributed by atoms with Gasteiger partial charge in [0.15, 0.2) is 23.0 Å². The summed E-state index contributed by atoms with van der Waals surface area (Å²) >= 11 is 0. The highest BCUT2D eigenvalue weighted by Gasteiger charge is 2.18. The molecule has 0 saturated carbocycles. The van der Waals surface area contributed by atoms with Gasteiger partial charge in [0.05, 0.1) is 13.2 Å². The van der Waals surface area contributed by atoms with Crippen molar-refractivity contribution in [2.45, 2.75) is 51.2 Å². The number of esters is 1. The second kappa shape index (κ2) is 10.6. The Morgan fingerprint density at radius 3 is 2.17 bits per heavy atom. The van der Waals surface area contributed by atoms with Gasteiger partial charge in [0, 0.05) is 13.3 Å². The van der Waals surface area contributed by atoms with Gasteiger partial charge in [-0.2, -0.15) is 0 Å². The normalized spacial score (nSPS) is 12.9. The minimum absolute atomic E-state index is 0.0620. The lowest BCUT2D eigenvalue weighted by Gasteiger charge is -2.20. The van der Waals surface area contributed by atoms with E-state index in [0.29, 0.717) is 37.9 Å². The van der Waals surface area contributed by atoms with E-state index in [9.17, 15) is 25.2 Å². The number of carbonyl (C=O) groups is 1. The monoisotopic (exact) mass is 404 g/mol. The first-order valence-electron chi connectivity index (χ1n) is 9.50. The molecule has 2 aromatic carbocycles. The Hall–Kier alpha value is -2.93. The fourth-order valence-electron chi connectivity index (χ4n) is 3.14. The van der Waals surface area contributed by atoms with Crippen LogP contribution in [0.1, 0.15) is 37.3 Å². The van der Waals surface area contributed by atoms with Gasteiger partial charge in [0.25, 0.3) is 0 Å². The molecule has 2 unspecified atom stereocenters. The van der Waals surface area contributed by atoms with Crippen LogP contribution in [0.4, 0.5) is 0 Å². The zero-order valence-electron chi connectivity index (χ0n) is 16.7. The molecule has 2 rings (SSSR count). The number of benzene rings is 2. The maximum atomic E-state index is 11.4. The van der Waals surface area contributed by atoms with E-state index in [1.54, 1.807) is 24.3 Å². The molecule has 0 saturated heterocycles. The third kappa shape index (κ3) is 7.19. The van der Waals surface area contributed by atoms with E-state index in [-0.39, 0.29) is 17.2 Å². The molecule has 2 atom stereocenters. The molecule has 0 spiro atoms. The third-order valence-electron chi connectivity index (χ3n) is 4.67. The van der Waals surface area contributed by atoms with Crippen LogP contribution in [0.25, 0.3) is 0 Å². The predicted molar refractivity (Wildman–Crippen MR) is 107 cm³/mol. The van der Waals surface area contributed by atoms with Crippen LogP contribution in [-0.2, 0) is 22.4 Å². The van der Waals surface area contributed by atoms with Gasteiger partial charge >= 0.3 is 5.97 Å². The molecule has 0 bridgehead atoms. The number of aliphatic hydroxyl groups is 1. The zero-order chi connectivity index (χ0) is 21.4. The molecule has 7 nitrogen and oxygen atoms in total. The van der Waals surface area contributed by atoms with Crippen LogP contribution in [0.15, 0.2) is 36.4 Å². The molecule has 158 valence electrons. The molecule has 4 N–H and O–H groups in total. The second-order valence-electron chi connectivity index (χ2n) is 7.03. The molecule has 0 aliphatic rings. The Labute approximate surface area is 170 Å². The van der Waals surface area contributed by atoms with Crippen LogP contribution in [-0.4, -0.2) is 45.7 Å². The molecule has 0 heterocycles. The number of rotatable bonds is 10. The lowest BCUT2D eigenvalue weighted by Crippen LogP contribution is -2.24. The number of aliphatic hydroxyl groups excluding tert-OH is 1. The first-order valence-corrected chi connectivity index (χ1v) is 9.50. The fourth-order valence-corrected chi connectivity index (χ4v) is 3.14. The second-order valence-corrected chi connectivity index (χ2v) is 7.03. The summed E-state index contributed by atoms with van der Waals surface area (Å²) in [4.78, 5) is 11.4. The molecule has 2 aromatic rings. The molecule has 0 aliphatic heterocycles. The summed E-state index contributed by atoms with van der Waals surface area (Å²) in [6.45, 7) is 1.33. The quantitative estimate of drug-likeness (QED) is 0.355. The average molecular weight is 404 g/mol. The van der Waals surface area contributed by atoms with Crippen molar-refractivity contribution in [3.63, 3.8) is 0 Å². The topological polar surface area (TPSA) is 116 Å². The number of ether oxygens (including phenoxy) is 2. The number of phenols is 3. The van der Waals surface area contributed by atoms with Crippen LogP contribution >= 0.6 is 0 Å². The van der Waals surface area contributed by atoms with Gasteiger partial charge in [-0.3, -0.25) is 4.79 Å². The molecule has 0 amide bonds. The summed E-state index contributed by atoms with van der Waals surface area (Å²) < 4.78 is 10.4. The van der Waals surface area contributed by atoms with Crippen LogP contribution in [0, 0.1) is 0 Å². The summed E-state index contributed by atoms with van der Waals surface area (Å²) in [5, 5.41) is 39.0. The van der Waals surface area contributed by atoms with Gasteiger partial charge in [-0.15, -0.1) is 0 Å². The molecular formula is C22H28O7. The van der Waals surface area contributed by atoms with E-state index in [4.69, 9.17) is 9.47 Å². The van der Waals surface area contributed by atoms with E-state index < -0.39 is 18.2 Å². The van der Waals surface area contributed by atoms with E-state index in [2.05, 4.69) is 0 Å². The first kappa shape index (κ1) is 22.4. The van der Waals surface area contributed by atoms with E-state index >= 15 is 0 Å². The number of aryl methyl sites for hydroxylation is 2. The van der Waals surface area contributed by atoms with Gasteiger partial charge < -0.3 is 29.9 Å². The summed E-state index contributed by atoms with van der Waals surface area (Å²) in [6, 6.07) is 9.61. The zero-order valence-corrected chi connectivity index (χ0v) is 16.7. The van der Waals surface area contributed by atoms with Crippen molar-refractivity contribution >= 4 is 5.97 Å². The van der Waals surface area contributed by atoms with Crippen molar-refractivity contribution in [3.05, 3.63) is 47.5 Å². The third-order valence-corrected chi connectivity index (χ3v) is 4.67. The highest BCUT2D eigenvalue weighted by Crippen LogP contribution is 2.28. The lowest BCUT2D eigenvalue weighted by atomic mass is 9.98. The Morgan fingerprint density at radius 1 is 0.931 bits per heavy atom. The molecule has 0 fully saturated rings. The highest BCUT2D eigenvalue weighted by molar-refractivity contribution is 5.66. The maximum absolute atomic E-state index is 11.4. The van der Waals surface area contributed by atoms with E-state index in [1.165, 1.54) is 26.2 Å². The fraction of sp³-hybridized carbons (Fsp3) is 0.409. The Bertz CT molecular complexity index is 819. The summed E-state index contributed by atoms with van der Waals surface area (Å²) in [7, 11) is 1.48. The Morgan fingerprint density at radius 2 is 1.55 bits per heavy atom. The van der Waals surface area contributed by atoms with Gasteiger partial charge in [0.1, 0.15) is 6.10 Å². The van der Waals surface area contributed by atoms with Gasteiger partial charge in [-0.1, -0.05) is 12.1 Å².